The van der Waals surface area contributed by atoms with Gasteiger partial charge in [0.25, 0.3) is 0 Å². The van der Waals surface area contributed by atoms with Crippen LogP contribution in [-0.4, -0.2) is 18.7 Å². The monoisotopic (exact) mass is 318 g/mol. The molecular formula is C19H10O5. The molecule has 24 heavy (non-hydrogen) atoms. The molecule has 0 bridgehead atoms. The number of ether oxygens (including phenoxy) is 3. The molecule has 2 heterocycles. The normalized spacial score (nSPS) is 14.8. The van der Waals surface area contributed by atoms with Crippen molar-refractivity contribution in [3.8, 4) is 22.6 Å². The van der Waals surface area contributed by atoms with E-state index in [9.17, 15) is 9.59 Å². The summed E-state index contributed by atoms with van der Waals surface area (Å²) < 4.78 is 15.9. The van der Waals surface area contributed by atoms with E-state index in [-0.39, 0.29) is 6.79 Å². The molecule has 0 radical (unpaired) electrons. The second-order valence-electron chi connectivity index (χ2n) is 5.61. The maximum Gasteiger partial charge on any atom is 0.346 e. The van der Waals surface area contributed by atoms with E-state index >= 15 is 0 Å². The largest absolute Gasteiger partial charge is 0.454 e. The zero-order chi connectivity index (χ0) is 16.3. The fraction of sp³-hybridized carbons (Fsp3) is 0.0526. The first-order valence-corrected chi connectivity index (χ1v) is 7.45. The molecule has 3 aromatic carbocycles. The third-order valence-electron chi connectivity index (χ3n) is 4.33. The molecule has 5 rings (SSSR count). The van der Waals surface area contributed by atoms with E-state index in [0.717, 1.165) is 11.1 Å². The summed E-state index contributed by atoms with van der Waals surface area (Å²) in [6.45, 7) is 0.0787. The molecule has 116 valence electrons. The number of hydrogen-bond acceptors (Lipinski definition) is 5. The van der Waals surface area contributed by atoms with Gasteiger partial charge in [-0.3, -0.25) is 0 Å². The predicted octanol–water partition coefficient (Wildman–Crippen LogP) is 3.55. The minimum atomic E-state index is -0.666. The molecule has 2 aliphatic rings. The number of benzene rings is 3. The highest BCUT2D eigenvalue weighted by molar-refractivity contribution is 6.24. The summed E-state index contributed by atoms with van der Waals surface area (Å²) in [6.07, 6.45) is 0. The van der Waals surface area contributed by atoms with Crippen LogP contribution in [0.4, 0.5) is 0 Å². The van der Waals surface area contributed by atoms with Crippen molar-refractivity contribution in [2.24, 2.45) is 0 Å². The third-order valence-corrected chi connectivity index (χ3v) is 4.33. The van der Waals surface area contributed by atoms with Crippen molar-refractivity contribution in [2.45, 2.75) is 0 Å². The maximum atomic E-state index is 12.2. The molecule has 0 saturated carbocycles. The first kappa shape index (κ1) is 13.1. The lowest BCUT2D eigenvalue weighted by atomic mass is 9.90. The molecular weight excluding hydrogens is 308 g/mol. The van der Waals surface area contributed by atoms with Crippen LogP contribution in [0.15, 0.2) is 48.5 Å². The van der Waals surface area contributed by atoms with Gasteiger partial charge in [0.15, 0.2) is 11.5 Å². The van der Waals surface area contributed by atoms with Gasteiger partial charge in [0.2, 0.25) is 6.79 Å². The summed E-state index contributed by atoms with van der Waals surface area (Å²) in [5.74, 6) is -0.271. The van der Waals surface area contributed by atoms with Crippen molar-refractivity contribution in [2.75, 3.05) is 6.79 Å². The van der Waals surface area contributed by atoms with Crippen molar-refractivity contribution >= 4 is 22.7 Å². The van der Waals surface area contributed by atoms with Crippen LogP contribution >= 0.6 is 0 Å². The van der Waals surface area contributed by atoms with Gasteiger partial charge in [-0.25, -0.2) is 9.59 Å². The lowest BCUT2D eigenvalue weighted by Gasteiger charge is -2.19. The summed E-state index contributed by atoms with van der Waals surface area (Å²) in [6, 6.07) is 14.8. The van der Waals surface area contributed by atoms with Gasteiger partial charge in [-0.15, -0.1) is 0 Å². The minimum absolute atomic E-state index is 0.0787. The Hall–Kier alpha value is -3.34. The third kappa shape index (κ3) is 1.64. The van der Waals surface area contributed by atoms with Gasteiger partial charge in [0.1, 0.15) is 0 Å². The maximum absolute atomic E-state index is 12.2. The lowest BCUT2D eigenvalue weighted by Crippen LogP contribution is -2.19. The average molecular weight is 318 g/mol. The van der Waals surface area contributed by atoms with Crippen LogP contribution in [0.2, 0.25) is 0 Å². The number of hydrogen-bond donors (Lipinski definition) is 0. The van der Waals surface area contributed by atoms with Gasteiger partial charge in [-0.2, -0.15) is 0 Å². The molecule has 3 aromatic rings. The first-order chi connectivity index (χ1) is 11.7. The Bertz CT molecular complexity index is 1040. The molecule has 0 fully saturated rings. The molecule has 0 atom stereocenters. The van der Waals surface area contributed by atoms with Gasteiger partial charge < -0.3 is 14.2 Å². The molecule has 5 heteroatoms. The summed E-state index contributed by atoms with van der Waals surface area (Å²) in [7, 11) is 0. The Morgan fingerprint density at radius 1 is 0.750 bits per heavy atom. The Labute approximate surface area is 136 Å². The molecule has 0 aliphatic carbocycles. The summed E-state index contributed by atoms with van der Waals surface area (Å²) >= 11 is 0. The average Bonchev–Trinajstić information content (AvgIpc) is 3.08. The second-order valence-corrected chi connectivity index (χ2v) is 5.61. The molecule has 0 unspecified atom stereocenters. The Balaban J connectivity index is 1.98. The molecule has 0 aromatic heterocycles. The van der Waals surface area contributed by atoms with Gasteiger partial charge in [-0.1, -0.05) is 36.4 Å². The van der Waals surface area contributed by atoms with E-state index in [1.54, 1.807) is 12.1 Å². The van der Waals surface area contributed by atoms with E-state index in [4.69, 9.17) is 14.2 Å². The van der Waals surface area contributed by atoms with Crippen LogP contribution in [-0.2, 0) is 4.74 Å². The topological polar surface area (TPSA) is 61.8 Å². The molecule has 2 aliphatic heterocycles. The highest BCUT2D eigenvalue weighted by Gasteiger charge is 2.33. The zero-order valence-corrected chi connectivity index (χ0v) is 12.4. The Morgan fingerprint density at radius 2 is 1.50 bits per heavy atom. The summed E-state index contributed by atoms with van der Waals surface area (Å²) in [5, 5.41) is 1.26. The number of carbonyl (C=O) groups excluding carboxylic acids is 2. The molecule has 0 spiro atoms. The van der Waals surface area contributed by atoms with Crippen molar-refractivity contribution < 1.29 is 23.8 Å². The SMILES string of the molecule is O=C1OC(=O)c2cc3c(c4c(-c5ccccc5)ccc1c24)OCO3. The number of fused-ring (bicyclic) bond motifs is 2. The first-order valence-electron chi connectivity index (χ1n) is 7.45. The summed E-state index contributed by atoms with van der Waals surface area (Å²) in [5.41, 5.74) is 2.52. The number of esters is 2. The smallest absolute Gasteiger partial charge is 0.346 e. The Morgan fingerprint density at radius 3 is 2.33 bits per heavy atom. The quantitative estimate of drug-likeness (QED) is 0.507. The van der Waals surface area contributed by atoms with Crippen LogP contribution in [0, 0.1) is 0 Å². The standard InChI is InChI=1S/C19H10O5/c20-18-12-7-6-11(10-4-2-1-3-5-10)16-15(12)13(19(21)24-18)8-14-17(16)23-9-22-14/h1-8H,9H2. The number of rotatable bonds is 1. The fourth-order valence-corrected chi connectivity index (χ4v) is 3.30. The zero-order valence-electron chi connectivity index (χ0n) is 12.4. The van der Waals surface area contributed by atoms with Crippen LogP contribution in [0.1, 0.15) is 20.7 Å². The summed E-state index contributed by atoms with van der Waals surface area (Å²) in [4.78, 5) is 24.3. The van der Waals surface area contributed by atoms with E-state index in [0.29, 0.717) is 33.4 Å². The van der Waals surface area contributed by atoms with E-state index < -0.39 is 11.9 Å². The lowest BCUT2D eigenvalue weighted by molar-refractivity contribution is 0.0391. The van der Waals surface area contributed by atoms with E-state index in [1.165, 1.54) is 0 Å². The number of cyclic esters (lactones) is 2. The molecule has 5 nitrogen and oxygen atoms in total. The molecule has 0 amide bonds. The second kappa shape index (κ2) is 4.58. The van der Waals surface area contributed by atoms with Crippen molar-refractivity contribution in [3.05, 3.63) is 59.7 Å². The highest BCUT2D eigenvalue weighted by atomic mass is 16.7. The van der Waals surface area contributed by atoms with Crippen LogP contribution in [0.3, 0.4) is 0 Å². The minimum Gasteiger partial charge on any atom is -0.454 e. The predicted molar refractivity (Wildman–Crippen MR) is 85.3 cm³/mol. The fourth-order valence-electron chi connectivity index (χ4n) is 3.30. The van der Waals surface area contributed by atoms with Crippen molar-refractivity contribution in [3.63, 3.8) is 0 Å². The van der Waals surface area contributed by atoms with Gasteiger partial charge in [-0.05, 0) is 23.3 Å². The van der Waals surface area contributed by atoms with Crippen LogP contribution in [0.25, 0.3) is 21.9 Å². The number of carbonyl (C=O) groups is 2. The van der Waals surface area contributed by atoms with Gasteiger partial charge in [0.05, 0.1) is 11.1 Å². The van der Waals surface area contributed by atoms with Crippen LogP contribution in [0.5, 0.6) is 11.5 Å². The van der Waals surface area contributed by atoms with Gasteiger partial charge in [0, 0.05) is 10.8 Å². The van der Waals surface area contributed by atoms with E-state index in [2.05, 4.69) is 0 Å². The van der Waals surface area contributed by atoms with Crippen molar-refractivity contribution in [1.29, 1.82) is 0 Å². The Kier molecular flexibility index (Phi) is 2.51. The molecule has 0 N–H and O–H groups in total. The van der Waals surface area contributed by atoms with Crippen molar-refractivity contribution in [1.82, 2.24) is 0 Å². The van der Waals surface area contributed by atoms with Gasteiger partial charge >= 0.3 is 11.9 Å². The van der Waals surface area contributed by atoms with Crippen LogP contribution < -0.4 is 9.47 Å². The highest BCUT2D eigenvalue weighted by Crippen LogP contribution is 2.47. The van der Waals surface area contributed by atoms with E-state index in [1.807, 2.05) is 36.4 Å². The molecule has 0 saturated heterocycles.